The van der Waals surface area contributed by atoms with E-state index in [2.05, 4.69) is 5.32 Å². The molecule has 0 fully saturated rings. The van der Waals surface area contributed by atoms with Crippen LogP contribution in [0, 0.1) is 11.6 Å². The number of hydrogen-bond donors (Lipinski definition) is 3. The average Bonchev–Trinajstić information content (AvgIpc) is 2.28. The third-order valence-corrected chi connectivity index (χ3v) is 2.17. The number of rotatable bonds is 6. The van der Waals surface area contributed by atoms with E-state index in [9.17, 15) is 8.78 Å². The average molecular weight is 231 g/mol. The van der Waals surface area contributed by atoms with Gasteiger partial charge in [-0.15, -0.1) is 0 Å². The van der Waals surface area contributed by atoms with Crippen molar-refractivity contribution < 1.29 is 19.0 Å². The Labute approximate surface area is 92.7 Å². The lowest BCUT2D eigenvalue weighted by molar-refractivity contribution is 0.0947. The summed E-state index contributed by atoms with van der Waals surface area (Å²) >= 11 is 0. The summed E-state index contributed by atoms with van der Waals surface area (Å²) in [5, 5.41) is 20.4. The van der Waals surface area contributed by atoms with Crippen molar-refractivity contribution in [3.05, 3.63) is 35.4 Å². The zero-order valence-corrected chi connectivity index (χ0v) is 8.79. The van der Waals surface area contributed by atoms with Gasteiger partial charge in [-0.05, 0) is 30.7 Å². The molecule has 0 spiro atoms. The lowest BCUT2D eigenvalue weighted by Crippen LogP contribution is -2.30. The van der Waals surface area contributed by atoms with Gasteiger partial charge < -0.3 is 15.5 Å². The second kappa shape index (κ2) is 6.52. The molecule has 0 heterocycles. The Morgan fingerprint density at radius 1 is 1.25 bits per heavy atom. The molecule has 0 aliphatic heterocycles. The van der Waals surface area contributed by atoms with Gasteiger partial charge >= 0.3 is 0 Å². The molecule has 1 unspecified atom stereocenters. The lowest BCUT2D eigenvalue weighted by atomic mass is 10.1. The van der Waals surface area contributed by atoms with Gasteiger partial charge in [0.1, 0.15) is 0 Å². The van der Waals surface area contributed by atoms with Gasteiger partial charge in [0.05, 0.1) is 12.7 Å². The fourth-order valence-corrected chi connectivity index (χ4v) is 1.26. The molecule has 5 heteroatoms. The number of nitrogens with one attached hydrogen (secondary N) is 1. The van der Waals surface area contributed by atoms with Gasteiger partial charge in [-0.1, -0.05) is 6.07 Å². The van der Waals surface area contributed by atoms with Crippen LogP contribution in [0.1, 0.15) is 5.56 Å². The Morgan fingerprint density at radius 2 is 2.00 bits per heavy atom. The lowest BCUT2D eigenvalue weighted by Gasteiger charge is -2.08. The third kappa shape index (κ3) is 4.22. The molecular formula is C11H15F2NO2. The minimum absolute atomic E-state index is 0.278. The summed E-state index contributed by atoms with van der Waals surface area (Å²) in [5.74, 6) is -1.71. The van der Waals surface area contributed by atoms with Crippen molar-refractivity contribution in [2.45, 2.75) is 12.5 Å². The van der Waals surface area contributed by atoms with E-state index >= 15 is 0 Å². The number of aliphatic hydroxyl groups excluding tert-OH is 2. The van der Waals surface area contributed by atoms with Crippen LogP contribution in [-0.4, -0.2) is 36.0 Å². The fourth-order valence-electron chi connectivity index (χ4n) is 1.26. The second-order valence-electron chi connectivity index (χ2n) is 3.54. The molecule has 1 atom stereocenters. The highest BCUT2D eigenvalue weighted by molar-refractivity contribution is 5.17. The first-order chi connectivity index (χ1) is 7.63. The van der Waals surface area contributed by atoms with Gasteiger partial charge in [-0.25, -0.2) is 8.78 Å². The first-order valence-electron chi connectivity index (χ1n) is 5.07. The molecule has 0 saturated heterocycles. The van der Waals surface area contributed by atoms with Crippen LogP contribution in [-0.2, 0) is 6.42 Å². The van der Waals surface area contributed by atoms with Gasteiger partial charge in [-0.3, -0.25) is 0 Å². The first-order valence-corrected chi connectivity index (χ1v) is 5.07. The van der Waals surface area contributed by atoms with Gasteiger partial charge in [0, 0.05) is 6.54 Å². The van der Waals surface area contributed by atoms with Crippen LogP contribution in [0.2, 0.25) is 0 Å². The molecule has 90 valence electrons. The molecule has 3 nitrogen and oxygen atoms in total. The molecule has 1 aromatic carbocycles. The summed E-state index contributed by atoms with van der Waals surface area (Å²) in [4.78, 5) is 0. The molecule has 1 aromatic rings. The van der Waals surface area contributed by atoms with Crippen molar-refractivity contribution in [1.82, 2.24) is 5.32 Å². The largest absolute Gasteiger partial charge is 0.394 e. The van der Waals surface area contributed by atoms with E-state index in [0.29, 0.717) is 18.5 Å². The fraction of sp³-hybridized carbons (Fsp3) is 0.455. The number of halogens is 2. The minimum Gasteiger partial charge on any atom is -0.394 e. The van der Waals surface area contributed by atoms with E-state index in [-0.39, 0.29) is 13.2 Å². The Hall–Kier alpha value is -1.04. The predicted octanol–water partition coefficient (Wildman–Crippen LogP) is 0.450. The molecule has 0 bridgehead atoms. The smallest absolute Gasteiger partial charge is 0.159 e. The van der Waals surface area contributed by atoms with Crippen LogP contribution >= 0.6 is 0 Å². The third-order valence-electron chi connectivity index (χ3n) is 2.17. The van der Waals surface area contributed by atoms with Crippen molar-refractivity contribution >= 4 is 0 Å². The summed E-state index contributed by atoms with van der Waals surface area (Å²) < 4.78 is 25.4. The highest BCUT2D eigenvalue weighted by Crippen LogP contribution is 2.08. The van der Waals surface area contributed by atoms with E-state index in [0.717, 1.165) is 12.1 Å². The van der Waals surface area contributed by atoms with E-state index in [4.69, 9.17) is 10.2 Å². The molecule has 0 aliphatic rings. The SMILES string of the molecule is OCC(O)CNCCc1ccc(F)c(F)c1. The molecule has 1 rings (SSSR count). The zero-order valence-electron chi connectivity index (χ0n) is 8.79. The standard InChI is InChI=1S/C11H15F2NO2/c12-10-2-1-8(5-11(10)13)3-4-14-6-9(16)7-15/h1-2,5,9,14-16H,3-4,6-7H2. The summed E-state index contributed by atoms with van der Waals surface area (Å²) in [6.07, 6.45) is -0.250. The topological polar surface area (TPSA) is 52.5 Å². The van der Waals surface area contributed by atoms with Crippen molar-refractivity contribution in [1.29, 1.82) is 0 Å². The maximum absolute atomic E-state index is 12.8. The molecule has 16 heavy (non-hydrogen) atoms. The second-order valence-corrected chi connectivity index (χ2v) is 3.54. The van der Waals surface area contributed by atoms with E-state index in [1.54, 1.807) is 0 Å². The summed E-state index contributed by atoms with van der Waals surface area (Å²) in [6.45, 7) is 0.514. The van der Waals surface area contributed by atoms with Gasteiger partial charge in [0.15, 0.2) is 11.6 Å². The molecule has 0 aliphatic carbocycles. The van der Waals surface area contributed by atoms with Crippen molar-refractivity contribution in [2.75, 3.05) is 19.7 Å². The quantitative estimate of drug-likeness (QED) is 0.623. The number of benzene rings is 1. The van der Waals surface area contributed by atoms with Gasteiger partial charge in [0.2, 0.25) is 0 Å². The van der Waals surface area contributed by atoms with Crippen LogP contribution in [0.25, 0.3) is 0 Å². The Bertz CT molecular complexity index is 334. The van der Waals surface area contributed by atoms with Crippen LogP contribution in [0.5, 0.6) is 0 Å². The van der Waals surface area contributed by atoms with Crippen LogP contribution in [0.4, 0.5) is 8.78 Å². The Balaban J connectivity index is 2.29. The molecule has 3 N–H and O–H groups in total. The Kier molecular flexibility index (Phi) is 5.31. The summed E-state index contributed by atoms with van der Waals surface area (Å²) in [5.41, 5.74) is 0.685. The van der Waals surface area contributed by atoms with Crippen molar-refractivity contribution in [2.24, 2.45) is 0 Å². The van der Waals surface area contributed by atoms with Gasteiger partial charge in [-0.2, -0.15) is 0 Å². The summed E-state index contributed by atoms with van der Waals surface area (Å²) in [7, 11) is 0. The Morgan fingerprint density at radius 3 is 2.62 bits per heavy atom. The van der Waals surface area contributed by atoms with E-state index in [1.165, 1.54) is 6.07 Å². The molecule has 0 saturated carbocycles. The highest BCUT2D eigenvalue weighted by Gasteiger charge is 2.03. The highest BCUT2D eigenvalue weighted by atomic mass is 19.2. The van der Waals surface area contributed by atoms with Crippen molar-refractivity contribution in [3.8, 4) is 0 Å². The molecule has 0 amide bonds. The maximum Gasteiger partial charge on any atom is 0.159 e. The minimum atomic E-state index is -0.854. The van der Waals surface area contributed by atoms with E-state index < -0.39 is 17.7 Å². The molecule has 0 radical (unpaired) electrons. The molecular weight excluding hydrogens is 216 g/mol. The maximum atomic E-state index is 12.8. The molecule has 0 aromatic heterocycles. The summed E-state index contributed by atoms with van der Waals surface area (Å²) in [6, 6.07) is 3.76. The van der Waals surface area contributed by atoms with E-state index in [1.807, 2.05) is 0 Å². The zero-order chi connectivity index (χ0) is 12.0. The first kappa shape index (κ1) is 13.0. The normalized spacial score (nSPS) is 12.8. The van der Waals surface area contributed by atoms with Crippen LogP contribution in [0.3, 0.4) is 0 Å². The number of aliphatic hydroxyl groups is 2. The van der Waals surface area contributed by atoms with Crippen LogP contribution in [0.15, 0.2) is 18.2 Å². The predicted molar refractivity (Wildman–Crippen MR) is 56.0 cm³/mol. The van der Waals surface area contributed by atoms with Crippen molar-refractivity contribution in [3.63, 3.8) is 0 Å². The van der Waals surface area contributed by atoms with Gasteiger partial charge in [0.25, 0.3) is 0 Å². The monoisotopic (exact) mass is 231 g/mol. The van der Waals surface area contributed by atoms with Crippen LogP contribution < -0.4 is 5.32 Å². The number of hydrogen-bond acceptors (Lipinski definition) is 3.